The summed E-state index contributed by atoms with van der Waals surface area (Å²) < 4.78 is 32.7. The largest absolute Gasteiger partial charge is 0.496 e. The number of carbonyl (C=O) groups is 1. The first-order valence-corrected chi connectivity index (χ1v) is 8.24. The minimum Gasteiger partial charge on any atom is -0.496 e. The van der Waals surface area contributed by atoms with Crippen molar-refractivity contribution in [1.29, 1.82) is 0 Å². The minimum atomic E-state index is -3.78. The van der Waals surface area contributed by atoms with Crippen molar-refractivity contribution in [2.24, 2.45) is 0 Å². The molecule has 0 unspecified atom stereocenters. The van der Waals surface area contributed by atoms with Gasteiger partial charge < -0.3 is 9.84 Å². The van der Waals surface area contributed by atoms with E-state index in [9.17, 15) is 13.2 Å². The molecule has 7 heteroatoms. The molecule has 122 valence electrons. The van der Waals surface area contributed by atoms with E-state index in [1.807, 2.05) is 0 Å². The lowest BCUT2D eigenvalue weighted by molar-refractivity contribution is 0.0697. The van der Waals surface area contributed by atoms with Gasteiger partial charge >= 0.3 is 5.97 Å². The summed E-state index contributed by atoms with van der Waals surface area (Å²) in [6, 6.07) is 8.71. The number of benzene rings is 2. The molecular weight excluding hydrogens is 318 g/mol. The van der Waals surface area contributed by atoms with Gasteiger partial charge in [0.1, 0.15) is 5.75 Å². The highest BCUT2D eigenvalue weighted by molar-refractivity contribution is 7.92. The molecule has 0 saturated heterocycles. The average Bonchev–Trinajstić information content (AvgIpc) is 2.49. The number of hydrogen-bond acceptors (Lipinski definition) is 4. The van der Waals surface area contributed by atoms with Gasteiger partial charge in [-0.15, -0.1) is 0 Å². The van der Waals surface area contributed by atoms with Gasteiger partial charge in [-0.1, -0.05) is 0 Å². The molecule has 2 rings (SSSR count). The zero-order valence-corrected chi connectivity index (χ0v) is 13.8. The molecule has 0 saturated carbocycles. The zero-order chi connectivity index (χ0) is 17.2. The van der Waals surface area contributed by atoms with Gasteiger partial charge in [-0.05, 0) is 61.4 Å². The van der Waals surface area contributed by atoms with Crippen molar-refractivity contribution in [1.82, 2.24) is 0 Å². The molecular formula is C16H17NO5S. The highest BCUT2D eigenvalue weighted by Gasteiger charge is 2.19. The first-order chi connectivity index (χ1) is 10.7. The van der Waals surface area contributed by atoms with Crippen LogP contribution < -0.4 is 9.46 Å². The van der Waals surface area contributed by atoms with Gasteiger partial charge in [0, 0.05) is 5.69 Å². The standard InChI is InChI=1S/C16H17NO5S/c1-10-9-15(11(2)8-14(10)22-3)23(20,21)17-13-6-4-12(5-7-13)16(18)19/h4-9,17H,1-3H3,(H,18,19). The molecule has 2 N–H and O–H groups in total. The van der Waals surface area contributed by atoms with E-state index >= 15 is 0 Å². The van der Waals surface area contributed by atoms with Crippen molar-refractivity contribution < 1.29 is 23.1 Å². The number of ether oxygens (including phenoxy) is 1. The Balaban J connectivity index is 2.35. The van der Waals surface area contributed by atoms with E-state index < -0.39 is 16.0 Å². The molecule has 0 bridgehead atoms. The quantitative estimate of drug-likeness (QED) is 0.876. The summed E-state index contributed by atoms with van der Waals surface area (Å²) in [5.74, 6) is -0.451. The second kappa shape index (κ2) is 6.29. The molecule has 2 aromatic rings. The number of carboxylic acids is 1. The Labute approximate surface area is 134 Å². The third-order valence-corrected chi connectivity index (χ3v) is 4.89. The van der Waals surface area contributed by atoms with Crippen molar-refractivity contribution in [3.63, 3.8) is 0 Å². The fourth-order valence-corrected chi connectivity index (χ4v) is 3.53. The van der Waals surface area contributed by atoms with Crippen LogP contribution in [-0.4, -0.2) is 26.6 Å². The smallest absolute Gasteiger partial charge is 0.335 e. The molecule has 2 aromatic carbocycles. The van der Waals surface area contributed by atoms with Crippen LogP contribution in [-0.2, 0) is 10.0 Å². The van der Waals surface area contributed by atoms with E-state index in [4.69, 9.17) is 9.84 Å². The average molecular weight is 335 g/mol. The van der Waals surface area contributed by atoms with Crippen molar-refractivity contribution in [2.45, 2.75) is 18.7 Å². The Morgan fingerprint density at radius 1 is 1.09 bits per heavy atom. The Morgan fingerprint density at radius 3 is 2.22 bits per heavy atom. The van der Waals surface area contributed by atoms with Gasteiger partial charge in [0.05, 0.1) is 17.6 Å². The molecule has 0 radical (unpaired) electrons. The second-order valence-corrected chi connectivity index (χ2v) is 6.73. The van der Waals surface area contributed by atoms with Crippen molar-refractivity contribution >= 4 is 21.7 Å². The van der Waals surface area contributed by atoms with Crippen LogP contribution in [0.2, 0.25) is 0 Å². The van der Waals surface area contributed by atoms with Crippen molar-refractivity contribution in [3.8, 4) is 5.75 Å². The number of anilines is 1. The molecule has 0 aliphatic rings. The van der Waals surface area contributed by atoms with Gasteiger partial charge in [0.15, 0.2) is 0 Å². The van der Waals surface area contributed by atoms with Crippen molar-refractivity contribution in [3.05, 3.63) is 53.1 Å². The van der Waals surface area contributed by atoms with Gasteiger partial charge in [-0.3, -0.25) is 4.72 Å². The van der Waals surface area contributed by atoms with E-state index in [-0.39, 0.29) is 10.5 Å². The molecule has 0 fully saturated rings. The second-order valence-electron chi connectivity index (χ2n) is 5.08. The van der Waals surface area contributed by atoms with Crippen LogP contribution >= 0.6 is 0 Å². The third-order valence-electron chi connectivity index (χ3n) is 3.37. The molecule has 6 nitrogen and oxygen atoms in total. The molecule has 0 amide bonds. The Kier molecular flexibility index (Phi) is 4.60. The SMILES string of the molecule is COc1cc(C)c(S(=O)(=O)Nc2ccc(C(=O)O)cc2)cc1C. The number of carboxylic acid groups (broad SMARTS) is 1. The van der Waals surface area contributed by atoms with Crippen LogP contribution in [0.3, 0.4) is 0 Å². The van der Waals surface area contributed by atoms with Crippen LogP contribution in [0, 0.1) is 13.8 Å². The lowest BCUT2D eigenvalue weighted by atomic mass is 10.1. The number of nitrogens with one attached hydrogen (secondary N) is 1. The predicted molar refractivity (Wildman–Crippen MR) is 86.7 cm³/mol. The first-order valence-electron chi connectivity index (χ1n) is 6.76. The summed E-state index contributed by atoms with van der Waals surface area (Å²) in [5, 5.41) is 8.85. The first kappa shape index (κ1) is 16.8. The van der Waals surface area contributed by atoms with Gasteiger partial charge in [0.2, 0.25) is 0 Å². The molecule has 0 spiro atoms. The normalized spacial score (nSPS) is 11.1. The highest BCUT2D eigenvalue weighted by atomic mass is 32.2. The lowest BCUT2D eigenvalue weighted by Crippen LogP contribution is -2.15. The molecule has 0 heterocycles. The minimum absolute atomic E-state index is 0.0874. The number of methoxy groups -OCH3 is 1. The summed E-state index contributed by atoms with van der Waals surface area (Å²) >= 11 is 0. The topological polar surface area (TPSA) is 92.7 Å². The Hall–Kier alpha value is -2.54. The maximum atomic E-state index is 12.5. The van der Waals surface area contributed by atoms with E-state index in [2.05, 4.69) is 4.72 Å². The van der Waals surface area contributed by atoms with E-state index in [1.165, 1.54) is 31.4 Å². The number of sulfonamides is 1. The van der Waals surface area contributed by atoms with E-state index in [0.717, 1.165) is 0 Å². The van der Waals surface area contributed by atoms with Crippen LogP contribution in [0.15, 0.2) is 41.3 Å². The fourth-order valence-electron chi connectivity index (χ4n) is 2.16. The maximum absolute atomic E-state index is 12.5. The number of aromatic carboxylic acids is 1. The maximum Gasteiger partial charge on any atom is 0.335 e. The van der Waals surface area contributed by atoms with E-state index in [0.29, 0.717) is 22.6 Å². The van der Waals surface area contributed by atoms with Crippen molar-refractivity contribution in [2.75, 3.05) is 11.8 Å². The summed E-state index contributed by atoms with van der Waals surface area (Å²) in [5.41, 5.74) is 1.65. The molecule has 0 aromatic heterocycles. The molecule has 0 aliphatic carbocycles. The van der Waals surface area contributed by atoms with Crippen LogP contribution in [0.1, 0.15) is 21.5 Å². The molecule has 0 atom stereocenters. The van der Waals surface area contributed by atoms with Gasteiger partial charge in [-0.2, -0.15) is 0 Å². The summed E-state index contributed by atoms with van der Waals surface area (Å²) in [4.78, 5) is 11.0. The monoisotopic (exact) mass is 335 g/mol. The summed E-state index contributed by atoms with van der Waals surface area (Å²) in [6.45, 7) is 3.45. The Morgan fingerprint density at radius 2 is 1.70 bits per heavy atom. The number of rotatable bonds is 5. The van der Waals surface area contributed by atoms with Crippen LogP contribution in [0.25, 0.3) is 0 Å². The highest BCUT2D eigenvalue weighted by Crippen LogP contribution is 2.27. The lowest BCUT2D eigenvalue weighted by Gasteiger charge is -2.13. The number of hydrogen-bond donors (Lipinski definition) is 2. The molecule has 0 aliphatic heterocycles. The predicted octanol–water partition coefficient (Wildman–Crippen LogP) is 2.81. The number of aryl methyl sites for hydroxylation is 2. The summed E-state index contributed by atoms with van der Waals surface area (Å²) in [7, 11) is -2.25. The van der Waals surface area contributed by atoms with Gasteiger partial charge in [-0.25, -0.2) is 13.2 Å². The zero-order valence-electron chi connectivity index (χ0n) is 13.0. The summed E-state index contributed by atoms with van der Waals surface area (Å²) in [6.07, 6.45) is 0. The fraction of sp³-hybridized carbons (Fsp3) is 0.188. The molecule has 23 heavy (non-hydrogen) atoms. The van der Waals surface area contributed by atoms with E-state index in [1.54, 1.807) is 26.0 Å². The van der Waals surface area contributed by atoms with Crippen LogP contribution in [0.5, 0.6) is 5.75 Å². The van der Waals surface area contributed by atoms with Crippen LogP contribution in [0.4, 0.5) is 5.69 Å². The van der Waals surface area contributed by atoms with Gasteiger partial charge in [0.25, 0.3) is 10.0 Å². The Bertz CT molecular complexity index is 842. The third kappa shape index (κ3) is 3.62.